The van der Waals surface area contributed by atoms with Gasteiger partial charge < -0.3 is 10.5 Å². The molecule has 104 valence electrons. The third-order valence-electron chi connectivity index (χ3n) is 2.97. The van der Waals surface area contributed by atoms with E-state index in [1.165, 1.54) is 0 Å². The number of hydrogen-bond donors (Lipinski definition) is 1. The van der Waals surface area contributed by atoms with E-state index in [9.17, 15) is 4.79 Å². The number of hydrogen-bond acceptors (Lipinski definition) is 3. The summed E-state index contributed by atoms with van der Waals surface area (Å²) in [6.07, 6.45) is 0. The highest BCUT2D eigenvalue weighted by molar-refractivity contribution is 9.10. The van der Waals surface area contributed by atoms with Gasteiger partial charge in [-0.15, -0.1) is 0 Å². The van der Waals surface area contributed by atoms with Gasteiger partial charge in [-0.2, -0.15) is 0 Å². The summed E-state index contributed by atoms with van der Waals surface area (Å²) in [7, 11) is 0. The average molecular weight is 355 g/mol. The Hall–Kier alpha value is -1.52. The monoisotopic (exact) mass is 353 g/mol. The minimum atomic E-state index is -0.409. The Morgan fingerprint density at radius 3 is 2.80 bits per heavy atom. The maximum Gasteiger partial charge on any atom is 0.338 e. The molecule has 0 amide bonds. The van der Waals surface area contributed by atoms with E-state index in [-0.39, 0.29) is 6.61 Å². The van der Waals surface area contributed by atoms with Crippen LogP contribution in [0.5, 0.6) is 0 Å². The molecule has 0 saturated carbocycles. The van der Waals surface area contributed by atoms with Crippen LogP contribution in [0.15, 0.2) is 40.9 Å². The summed E-state index contributed by atoms with van der Waals surface area (Å²) in [6.45, 7) is 1.91. The molecule has 3 nitrogen and oxygen atoms in total. The molecule has 0 fully saturated rings. The number of rotatable bonds is 3. The van der Waals surface area contributed by atoms with Gasteiger partial charge in [0.05, 0.1) is 5.56 Å². The first kappa shape index (κ1) is 14.9. The number of anilines is 1. The van der Waals surface area contributed by atoms with Crippen molar-refractivity contribution in [2.45, 2.75) is 13.5 Å². The van der Waals surface area contributed by atoms with Crippen molar-refractivity contribution < 1.29 is 9.53 Å². The first-order valence-corrected chi connectivity index (χ1v) is 7.12. The van der Waals surface area contributed by atoms with Crippen LogP contribution in [0.3, 0.4) is 0 Å². The van der Waals surface area contributed by atoms with Gasteiger partial charge in [0.25, 0.3) is 0 Å². The normalized spacial score (nSPS) is 10.3. The van der Waals surface area contributed by atoms with Crippen molar-refractivity contribution in [3.63, 3.8) is 0 Å². The summed E-state index contributed by atoms with van der Waals surface area (Å²) in [5.74, 6) is -0.409. The second kappa shape index (κ2) is 6.29. The Kier molecular flexibility index (Phi) is 4.68. The van der Waals surface area contributed by atoms with E-state index in [1.807, 2.05) is 12.1 Å². The predicted octanol–water partition coefficient (Wildman–Crippen LogP) is 4.35. The molecule has 0 atom stereocenters. The summed E-state index contributed by atoms with van der Waals surface area (Å²) in [4.78, 5) is 12.0. The Balaban J connectivity index is 2.11. The summed E-state index contributed by atoms with van der Waals surface area (Å²) in [5.41, 5.74) is 8.29. The lowest BCUT2D eigenvalue weighted by molar-refractivity contribution is 0.0472. The molecule has 0 saturated heterocycles. The van der Waals surface area contributed by atoms with Crippen molar-refractivity contribution in [2.75, 3.05) is 5.73 Å². The quantitative estimate of drug-likeness (QED) is 0.658. The van der Waals surface area contributed by atoms with Crippen LogP contribution in [-0.2, 0) is 11.3 Å². The molecule has 2 aromatic rings. The zero-order valence-electron chi connectivity index (χ0n) is 10.8. The molecule has 0 spiro atoms. The maximum absolute atomic E-state index is 12.0. The molecule has 20 heavy (non-hydrogen) atoms. The SMILES string of the molecule is Cc1c(N)cccc1C(=O)OCc1ccc(Br)cc1Cl. The number of carbonyl (C=O) groups excluding carboxylic acids is 1. The van der Waals surface area contributed by atoms with Gasteiger partial charge in [-0.25, -0.2) is 4.79 Å². The minimum absolute atomic E-state index is 0.124. The lowest BCUT2D eigenvalue weighted by Crippen LogP contribution is -2.08. The van der Waals surface area contributed by atoms with Crippen molar-refractivity contribution in [1.29, 1.82) is 0 Å². The number of nitrogens with two attached hydrogens (primary N) is 1. The molecule has 2 aromatic carbocycles. The number of esters is 1. The molecular weight excluding hydrogens is 342 g/mol. The second-order valence-corrected chi connectivity index (χ2v) is 5.65. The maximum atomic E-state index is 12.0. The lowest BCUT2D eigenvalue weighted by atomic mass is 10.1. The van der Waals surface area contributed by atoms with E-state index in [4.69, 9.17) is 22.1 Å². The fraction of sp³-hybridized carbons (Fsp3) is 0.133. The fourth-order valence-electron chi connectivity index (χ4n) is 1.73. The van der Waals surface area contributed by atoms with Crippen molar-refractivity contribution in [3.05, 3.63) is 62.6 Å². The molecule has 0 aromatic heterocycles. The molecule has 0 aliphatic rings. The Bertz CT molecular complexity index is 658. The number of halogens is 2. The highest BCUT2D eigenvalue weighted by Crippen LogP contribution is 2.23. The molecule has 0 aliphatic heterocycles. The topological polar surface area (TPSA) is 52.3 Å². The number of benzene rings is 2. The largest absolute Gasteiger partial charge is 0.457 e. The Morgan fingerprint density at radius 2 is 2.10 bits per heavy atom. The molecule has 5 heteroatoms. The van der Waals surface area contributed by atoms with Crippen molar-refractivity contribution in [1.82, 2.24) is 0 Å². The van der Waals surface area contributed by atoms with E-state index < -0.39 is 5.97 Å². The van der Waals surface area contributed by atoms with Crippen LogP contribution in [0, 0.1) is 6.92 Å². The van der Waals surface area contributed by atoms with E-state index in [0.29, 0.717) is 16.3 Å². The van der Waals surface area contributed by atoms with E-state index in [2.05, 4.69) is 15.9 Å². The summed E-state index contributed by atoms with van der Waals surface area (Å²) in [6, 6.07) is 10.6. The Labute approximate surface area is 130 Å². The fourth-order valence-corrected chi connectivity index (χ4v) is 2.46. The van der Waals surface area contributed by atoms with Crippen LogP contribution >= 0.6 is 27.5 Å². The summed E-state index contributed by atoms with van der Waals surface area (Å²) >= 11 is 9.40. The highest BCUT2D eigenvalue weighted by atomic mass is 79.9. The molecule has 2 rings (SSSR count). The van der Waals surface area contributed by atoms with Crippen LogP contribution in [0.1, 0.15) is 21.5 Å². The van der Waals surface area contributed by atoms with Crippen LogP contribution in [0.2, 0.25) is 5.02 Å². The lowest BCUT2D eigenvalue weighted by Gasteiger charge is -2.09. The molecule has 0 unspecified atom stereocenters. The van der Waals surface area contributed by atoms with Crippen molar-refractivity contribution >= 4 is 39.2 Å². The molecule has 0 radical (unpaired) electrons. The molecule has 0 heterocycles. The zero-order valence-corrected chi connectivity index (χ0v) is 13.2. The van der Waals surface area contributed by atoms with Gasteiger partial charge in [0.15, 0.2) is 0 Å². The first-order chi connectivity index (χ1) is 9.49. The number of carbonyl (C=O) groups is 1. The van der Waals surface area contributed by atoms with Gasteiger partial charge >= 0.3 is 5.97 Å². The zero-order chi connectivity index (χ0) is 14.7. The smallest absolute Gasteiger partial charge is 0.338 e. The van der Waals surface area contributed by atoms with E-state index >= 15 is 0 Å². The molecule has 2 N–H and O–H groups in total. The molecule has 0 bridgehead atoms. The number of nitrogen functional groups attached to an aromatic ring is 1. The second-order valence-electron chi connectivity index (χ2n) is 4.33. The van der Waals surface area contributed by atoms with E-state index in [0.717, 1.165) is 15.6 Å². The predicted molar refractivity (Wildman–Crippen MR) is 83.9 cm³/mol. The van der Waals surface area contributed by atoms with Gasteiger partial charge in [-0.05, 0) is 36.8 Å². The van der Waals surface area contributed by atoms with Gasteiger partial charge in [0, 0.05) is 20.7 Å². The van der Waals surface area contributed by atoms with Crippen LogP contribution in [0.25, 0.3) is 0 Å². The summed E-state index contributed by atoms with van der Waals surface area (Å²) < 4.78 is 6.16. The molecular formula is C15H13BrClNO2. The van der Waals surface area contributed by atoms with Crippen molar-refractivity contribution in [2.24, 2.45) is 0 Å². The summed E-state index contributed by atoms with van der Waals surface area (Å²) in [5, 5.41) is 0.552. The van der Waals surface area contributed by atoms with Crippen molar-refractivity contribution in [3.8, 4) is 0 Å². The van der Waals surface area contributed by atoms with Gasteiger partial charge in [0.2, 0.25) is 0 Å². The molecule has 0 aliphatic carbocycles. The third-order valence-corrected chi connectivity index (χ3v) is 3.81. The van der Waals surface area contributed by atoms with Gasteiger partial charge in [-0.3, -0.25) is 0 Å². The van der Waals surface area contributed by atoms with E-state index in [1.54, 1.807) is 31.2 Å². The third kappa shape index (κ3) is 3.32. The van der Waals surface area contributed by atoms with Crippen LogP contribution in [0.4, 0.5) is 5.69 Å². The first-order valence-electron chi connectivity index (χ1n) is 5.95. The van der Waals surface area contributed by atoms with Crippen LogP contribution < -0.4 is 5.73 Å². The van der Waals surface area contributed by atoms with Gasteiger partial charge in [0.1, 0.15) is 6.61 Å². The highest BCUT2D eigenvalue weighted by Gasteiger charge is 2.12. The van der Waals surface area contributed by atoms with Gasteiger partial charge in [-0.1, -0.05) is 39.7 Å². The average Bonchev–Trinajstić information content (AvgIpc) is 2.40. The Morgan fingerprint density at radius 1 is 1.35 bits per heavy atom. The number of ether oxygens (including phenoxy) is 1. The van der Waals surface area contributed by atoms with Crippen LogP contribution in [-0.4, -0.2) is 5.97 Å². The minimum Gasteiger partial charge on any atom is -0.457 e. The standard InChI is InChI=1S/C15H13BrClNO2/c1-9-12(3-2-4-14(9)18)15(19)20-8-10-5-6-11(16)7-13(10)17/h2-7H,8,18H2,1H3.